The van der Waals surface area contributed by atoms with E-state index in [1.54, 1.807) is 7.05 Å². The number of rotatable bonds is 3. The van der Waals surface area contributed by atoms with Gasteiger partial charge in [-0.05, 0) is 19.5 Å². The first-order valence-electron chi connectivity index (χ1n) is 3.99. The summed E-state index contributed by atoms with van der Waals surface area (Å²) >= 11 is 0. The Morgan fingerprint density at radius 2 is 2.33 bits per heavy atom. The van der Waals surface area contributed by atoms with Gasteiger partial charge in [0.1, 0.15) is 6.29 Å². The van der Waals surface area contributed by atoms with E-state index in [0.717, 1.165) is 12.0 Å². The predicted molar refractivity (Wildman–Crippen MR) is 48.8 cm³/mol. The molecule has 1 rings (SSSR count). The zero-order valence-corrected chi connectivity index (χ0v) is 7.42. The van der Waals surface area contributed by atoms with Crippen molar-refractivity contribution in [3.05, 3.63) is 23.9 Å². The summed E-state index contributed by atoms with van der Waals surface area (Å²) < 4.78 is 0. The van der Waals surface area contributed by atoms with Crippen LogP contribution < -0.4 is 10.6 Å². The Morgan fingerprint density at radius 1 is 1.58 bits per heavy atom. The van der Waals surface area contributed by atoms with Gasteiger partial charge in [0, 0.05) is 12.7 Å². The van der Waals surface area contributed by atoms with Crippen LogP contribution in [-0.4, -0.2) is 25.9 Å². The van der Waals surface area contributed by atoms with Crippen molar-refractivity contribution in [2.75, 3.05) is 14.1 Å². The SMILES string of the molecule is CNC1=CCC(C=O)(NC)C=C1. The second-order valence-electron chi connectivity index (χ2n) is 2.86. The van der Waals surface area contributed by atoms with Crippen molar-refractivity contribution >= 4 is 6.29 Å². The van der Waals surface area contributed by atoms with E-state index in [0.29, 0.717) is 6.42 Å². The van der Waals surface area contributed by atoms with Gasteiger partial charge < -0.3 is 15.4 Å². The first-order valence-corrected chi connectivity index (χ1v) is 3.99. The first kappa shape index (κ1) is 9.00. The van der Waals surface area contributed by atoms with Gasteiger partial charge >= 0.3 is 0 Å². The molecule has 1 unspecified atom stereocenters. The molecule has 0 heterocycles. The van der Waals surface area contributed by atoms with Gasteiger partial charge in [0.2, 0.25) is 0 Å². The Hall–Kier alpha value is -1.09. The third kappa shape index (κ3) is 1.56. The van der Waals surface area contributed by atoms with E-state index in [1.807, 2.05) is 25.3 Å². The Bertz CT molecular complexity index is 233. The van der Waals surface area contributed by atoms with E-state index < -0.39 is 5.54 Å². The summed E-state index contributed by atoms with van der Waals surface area (Å²) in [5, 5.41) is 6.00. The predicted octanol–water partition coefficient (Wildman–Crippen LogP) is 0.207. The third-order valence-electron chi connectivity index (χ3n) is 2.18. The highest BCUT2D eigenvalue weighted by Gasteiger charge is 2.24. The molecule has 0 bridgehead atoms. The molecule has 2 N–H and O–H groups in total. The number of allylic oxidation sites excluding steroid dienone is 1. The number of nitrogens with one attached hydrogen (secondary N) is 2. The molecule has 0 radical (unpaired) electrons. The Kier molecular flexibility index (Phi) is 2.65. The van der Waals surface area contributed by atoms with Crippen LogP contribution >= 0.6 is 0 Å². The van der Waals surface area contributed by atoms with Gasteiger partial charge in [0.05, 0.1) is 5.54 Å². The molecule has 0 aliphatic heterocycles. The molecule has 3 heteroatoms. The third-order valence-corrected chi connectivity index (χ3v) is 2.18. The molecule has 1 aliphatic rings. The molecule has 0 aromatic heterocycles. The number of carbonyl (C=O) groups is 1. The van der Waals surface area contributed by atoms with Crippen LogP contribution in [0.2, 0.25) is 0 Å². The normalized spacial score (nSPS) is 28.0. The maximum atomic E-state index is 10.7. The highest BCUT2D eigenvalue weighted by Crippen LogP contribution is 2.16. The molecular weight excluding hydrogens is 152 g/mol. The minimum Gasteiger partial charge on any atom is -0.388 e. The fourth-order valence-corrected chi connectivity index (χ4v) is 1.17. The standard InChI is InChI=1S/C9H14N2O/c1-10-8-3-5-9(7-12,11-2)6-4-8/h3-5,7,10-11H,6H2,1-2H3. The summed E-state index contributed by atoms with van der Waals surface area (Å²) in [5.41, 5.74) is 0.572. The van der Waals surface area contributed by atoms with Crippen molar-refractivity contribution in [3.63, 3.8) is 0 Å². The van der Waals surface area contributed by atoms with Crippen LogP contribution in [0.1, 0.15) is 6.42 Å². The van der Waals surface area contributed by atoms with Crippen LogP contribution in [0.3, 0.4) is 0 Å². The average molecular weight is 166 g/mol. The van der Waals surface area contributed by atoms with Crippen LogP contribution in [0.25, 0.3) is 0 Å². The Labute approximate surface area is 72.5 Å². The molecule has 1 aliphatic carbocycles. The Morgan fingerprint density at radius 3 is 2.67 bits per heavy atom. The molecule has 66 valence electrons. The lowest BCUT2D eigenvalue weighted by atomic mass is 9.92. The summed E-state index contributed by atoms with van der Waals surface area (Å²) in [6.45, 7) is 0. The summed E-state index contributed by atoms with van der Waals surface area (Å²) in [4.78, 5) is 10.7. The zero-order chi connectivity index (χ0) is 9.03. The van der Waals surface area contributed by atoms with Gasteiger partial charge in [0.15, 0.2) is 0 Å². The van der Waals surface area contributed by atoms with Crippen molar-refractivity contribution in [2.24, 2.45) is 0 Å². The topological polar surface area (TPSA) is 41.1 Å². The van der Waals surface area contributed by atoms with Gasteiger partial charge in [-0.15, -0.1) is 0 Å². The molecule has 0 saturated carbocycles. The fraction of sp³-hybridized carbons (Fsp3) is 0.444. The van der Waals surface area contributed by atoms with Crippen LogP contribution in [0.4, 0.5) is 0 Å². The highest BCUT2D eigenvalue weighted by molar-refractivity contribution is 5.69. The molecule has 1 atom stereocenters. The van der Waals surface area contributed by atoms with Gasteiger partial charge in [-0.2, -0.15) is 0 Å². The molecular formula is C9H14N2O. The van der Waals surface area contributed by atoms with Crippen molar-refractivity contribution in [3.8, 4) is 0 Å². The molecule has 0 aromatic rings. The zero-order valence-electron chi connectivity index (χ0n) is 7.42. The van der Waals surface area contributed by atoms with Crippen molar-refractivity contribution in [2.45, 2.75) is 12.0 Å². The first-order chi connectivity index (χ1) is 5.76. The summed E-state index contributed by atoms with van der Waals surface area (Å²) in [5.74, 6) is 0. The number of hydrogen-bond donors (Lipinski definition) is 2. The van der Waals surface area contributed by atoms with Crippen LogP contribution in [-0.2, 0) is 4.79 Å². The lowest BCUT2D eigenvalue weighted by Crippen LogP contribution is -2.43. The maximum Gasteiger partial charge on any atom is 0.144 e. The quantitative estimate of drug-likeness (QED) is 0.589. The maximum absolute atomic E-state index is 10.7. The fourth-order valence-electron chi connectivity index (χ4n) is 1.17. The number of aldehydes is 1. The molecule has 12 heavy (non-hydrogen) atoms. The van der Waals surface area contributed by atoms with Crippen molar-refractivity contribution < 1.29 is 4.79 Å². The summed E-state index contributed by atoms with van der Waals surface area (Å²) in [6.07, 6.45) is 7.44. The lowest BCUT2D eigenvalue weighted by molar-refractivity contribution is -0.111. The second kappa shape index (κ2) is 3.54. The van der Waals surface area contributed by atoms with Crippen LogP contribution in [0.5, 0.6) is 0 Å². The van der Waals surface area contributed by atoms with Gasteiger partial charge in [-0.3, -0.25) is 0 Å². The molecule has 0 spiro atoms. The van der Waals surface area contributed by atoms with Crippen molar-refractivity contribution in [1.29, 1.82) is 0 Å². The molecule has 3 nitrogen and oxygen atoms in total. The molecule has 0 aromatic carbocycles. The smallest absolute Gasteiger partial charge is 0.144 e. The van der Waals surface area contributed by atoms with E-state index in [4.69, 9.17) is 0 Å². The van der Waals surface area contributed by atoms with Crippen LogP contribution in [0.15, 0.2) is 23.9 Å². The molecule has 0 fully saturated rings. The second-order valence-corrected chi connectivity index (χ2v) is 2.86. The van der Waals surface area contributed by atoms with Crippen LogP contribution in [0, 0.1) is 0 Å². The van der Waals surface area contributed by atoms with E-state index in [1.165, 1.54) is 0 Å². The van der Waals surface area contributed by atoms with E-state index in [9.17, 15) is 4.79 Å². The van der Waals surface area contributed by atoms with Gasteiger partial charge in [-0.1, -0.05) is 12.2 Å². The van der Waals surface area contributed by atoms with Gasteiger partial charge in [0.25, 0.3) is 0 Å². The minimum atomic E-state index is -0.486. The number of hydrogen-bond acceptors (Lipinski definition) is 3. The number of likely N-dealkylation sites (N-methyl/N-ethyl adjacent to an activating group) is 2. The van der Waals surface area contributed by atoms with Gasteiger partial charge in [-0.25, -0.2) is 0 Å². The number of carbonyl (C=O) groups excluding carboxylic acids is 1. The van der Waals surface area contributed by atoms with Crippen molar-refractivity contribution in [1.82, 2.24) is 10.6 Å². The molecule has 0 amide bonds. The highest BCUT2D eigenvalue weighted by atomic mass is 16.1. The lowest BCUT2D eigenvalue weighted by Gasteiger charge is -2.25. The molecule has 0 saturated heterocycles. The summed E-state index contributed by atoms with van der Waals surface area (Å²) in [7, 11) is 3.65. The summed E-state index contributed by atoms with van der Waals surface area (Å²) in [6, 6.07) is 0. The average Bonchev–Trinajstić information content (AvgIpc) is 2.18. The minimum absolute atomic E-state index is 0.486. The Balaban J connectivity index is 2.74. The van der Waals surface area contributed by atoms with E-state index in [2.05, 4.69) is 10.6 Å². The van der Waals surface area contributed by atoms with E-state index in [-0.39, 0.29) is 0 Å². The monoisotopic (exact) mass is 166 g/mol. The largest absolute Gasteiger partial charge is 0.388 e. The van der Waals surface area contributed by atoms with E-state index >= 15 is 0 Å².